The van der Waals surface area contributed by atoms with Crippen LogP contribution in [-0.2, 0) is 4.79 Å². The topological polar surface area (TPSA) is 58.4 Å². The fraction of sp³-hybridized carbons (Fsp3) is 0.533. The number of likely N-dealkylation sites (N-methyl/N-ethyl adjacent to an activating group) is 1. The number of nitrogens with zero attached hydrogens (tertiary/aromatic N) is 1. The van der Waals surface area contributed by atoms with E-state index in [0.29, 0.717) is 6.54 Å². The maximum Gasteiger partial charge on any atom is 0.236 e. The Morgan fingerprint density at radius 3 is 2.47 bits per heavy atom. The first-order valence-electron chi connectivity index (χ1n) is 6.81. The Hall–Kier alpha value is -1.39. The van der Waals surface area contributed by atoms with Crippen LogP contribution in [0.2, 0.25) is 0 Å². The van der Waals surface area contributed by atoms with Crippen LogP contribution in [0.1, 0.15) is 31.4 Å². The second kappa shape index (κ2) is 7.92. The minimum atomic E-state index is -0.399. The Kier molecular flexibility index (Phi) is 6.53. The minimum absolute atomic E-state index is 0.0652. The number of benzene rings is 1. The van der Waals surface area contributed by atoms with Crippen LogP contribution < -0.4 is 11.1 Å². The highest BCUT2D eigenvalue weighted by molar-refractivity contribution is 5.81. The van der Waals surface area contributed by atoms with Crippen molar-refractivity contribution in [1.29, 1.82) is 0 Å². The summed E-state index contributed by atoms with van der Waals surface area (Å²) in [5.74, 6) is -0.0652. The van der Waals surface area contributed by atoms with Gasteiger partial charge in [0.05, 0.1) is 12.1 Å². The molecule has 3 N–H and O–H groups in total. The number of hydrogen-bond donors (Lipinski definition) is 2. The number of amides is 1. The summed E-state index contributed by atoms with van der Waals surface area (Å²) in [5, 5.41) is 2.94. The molecule has 1 unspecified atom stereocenters. The van der Waals surface area contributed by atoms with Gasteiger partial charge < -0.3 is 16.0 Å². The number of carbonyl (C=O) groups is 1. The van der Waals surface area contributed by atoms with Crippen LogP contribution in [0.4, 0.5) is 0 Å². The fourth-order valence-corrected chi connectivity index (χ4v) is 2.04. The lowest BCUT2D eigenvalue weighted by molar-refractivity contribution is -0.122. The number of nitrogens with one attached hydrogen (secondary N) is 1. The van der Waals surface area contributed by atoms with Gasteiger partial charge in [0.1, 0.15) is 0 Å². The summed E-state index contributed by atoms with van der Waals surface area (Å²) < 4.78 is 0. The van der Waals surface area contributed by atoms with Gasteiger partial charge in [0, 0.05) is 6.54 Å². The molecule has 0 bridgehead atoms. The highest BCUT2D eigenvalue weighted by Crippen LogP contribution is 2.16. The first kappa shape index (κ1) is 15.7. The zero-order valence-electron chi connectivity index (χ0n) is 12.1. The molecule has 0 radical (unpaired) electrons. The van der Waals surface area contributed by atoms with Gasteiger partial charge >= 0.3 is 0 Å². The molecule has 0 saturated carbocycles. The Balaban J connectivity index is 2.59. The van der Waals surface area contributed by atoms with Crippen molar-refractivity contribution < 1.29 is 4.79 Å². The van der Waals surface area contributed by atoms with Gasteiger partial charge in [0.25, 0.3) is 0 Å². The van der Waals surface area contributed by atoms with E-state index in [9.17, 15) is 4.79 Å². The summed E-state index contributed by atoms with van der Waals surface area (Å²) in [4.78, 5) is 13.9. The second-order valence-corrected chi connectivity index (χ2v) is 5.03. The van der Waals surface area contributed by atoms with Crippen molar-refractivity contribution >= 4 is 5.91 Å². The SMILES string of the molecule is CCC[C@H](N)C(=O)NCC(c1ccccc1)N(C)C. The second-order valence-electron chi connectivity index (χ2n) is 5.03. The summed E-state index contributed by atoms with van der Waals surface area (Å²) in [5.41, 5.74) is 6.99. The molecule has 0 aliphatic rings. The van der Waals surface area contributed by atoms with E-state index >= 15 is 0 Å². The largest absolute Gasteiger partial charge is 0.353 e. The van der Waals surface area contributed by atoms with E-state index in [1.807, 2.05) is 39.2 Å². The summed E-state index contributed by atoms with van der Waals surface area (Å²) >= 11 is 0. The lowest BCUT2D eigenvalue weighted by atomic mass is 10.1. The monoisotopic (exact) mass is 263 g/mol. The van der Waals surface area contributed by atoms with Crippen LogP contribution in [0.15, 0.2) is 30.3 Å². The van der Waals surface area contributed by atoms with Crippen LogP contribution in [-0.4, -0.2) is 37.5 Å². The van der Waals surface area contributed by atoms with Crippen molar-refractivity contribution in [3.8, 4) is 0 Å². The van der Waals surface area contributed by atoms with Crippen molar-refractivity contribution in [3.05, 3.63) is 35.9 Å². The smallest absolute Gasteiger partial charge is 0.236 e. The zero-order valence-corrected chi connectivity index (χ0v) is 12.1. The van der Waals surface area contributed by atoms with Crippen molar-refractivity contribution in [2.45, 2.75) is 31.8 Å². The zero-order chi connectivity index (χ0) is 14.3. The molecule has 0 aliphatic carbocycles. The van der Waals surface area contributed by atoms with Crippen LogP contribution in [0, 0.1) is 0 Å². The van der Waals surface area contributed by atoms with E-state index in [1.165, 1.54) is 5.56 Å². The maximum atomic E-state index is 11.8. The molecule has 0 fully saturated rings. The molecule has 0 saturated heterocycles. The first-order chi connectivity index (χ1) is 9.06. The average molecular weight is 263 g/mol. The molecule has 1 aromatic carbocycles. The molecule has 0 spiro atoms. The normalized spacial score (nSPS) is 14.2. The highest BCUT2D eigenvalue weighted by Gasteiger charge is 2.17. The standard InChI is InChI=1S/C15H25N3O/c1-4-8-13(16)15(19)17-11-14(18(2)3)12-9-6-5-7-10-12/h5-7,9-10,13-14H,4,8,11,16H2,1-3H3,(H,17,19)/t13-,14?/m0/s1. The molecular formula is C15H25N3O. The highest BCUT2D eigenvalue weighted by atomic mass is 16.2. The molecule has 0 aromatic heterocycles. The van der Waals surface area contributed by atoms with E-state index in [4.69, 9.17) is 5.73 Å². The fourth-order valence-electron chi connectivity index (χ4n) is 2.04. The predicted octanol–water partition coefficient (Wildman–Crippen LogP) is 1.53. The predicted molar refractivity (Wildman–Crippen MR) is 78.8 cm³/mol. The molecule has 2 atom stereocenters. The van der Waals surface area contributed by atoms with Crippen molar-refractivity contribution in [3.63, 3.8) is 0 Å². The number of carbonyl (C=O) groups excluding carboxylic acids is 1. The van der Waals surface area contributed by atoms with Gasteiger partial charge in [-0.25, -0.2) is 0 Å². The number of nitrogens with two attached hydrogens (primary N) is 1. The maximum absolute atomic E-state index is 11.8. The van der Waals surface area contributed by atoms with Gasteiger partial charge in [0.15, 0.2) is 0 Å². The molecular weight excluding hydrogens is 238 g/mol. The molecule has 0 aliphatic heterocycles. The van der Waals surface area contributed by atoms with Crippen molar-refractivity contribution in [1.82, 2.24) is 10.2 Å². The summed E-state index contributed by atoms with van der Waals surface area (Å²) in [6, 6.07) is 9.92. The van der Waals surface area contributed by atoms with Crippen molar-refractivity contribution in [2.24, 2.45) is 5.73 Å². The van der Waals surface area contributed by atoms with Gasteiger partial charge in [-0.2, -0.15) is 0 Å². The van der Waals surface area contributed by atoms with E-state index in [1.54, 1.807) is 0 Å². The van der Waals surface area contributed by atoms with E-state index in [-0.39, 0.29) is 11.9 Å². The molecule has 4 nitrogen and oxygen atoms in total. The van der Waals surface area contributed by atoms with Crippen LogP contribution in [0.3, 0.4) is 0 Å². The molecule has 1 amide bonds. The number of hydrogen-bond acceptors (Lipinski definition) is 3. The third-order valence-corrected chi connectivity index (χ3v) is 3.21. The molecule has 1 aromatic rings. The molecule has 4 heteroatoms. The minimum Gasteiger partial charge on any atom is -0.353 e. The molecule has 0 heterocycles. The Labute approximate surface area is 116 Å². The van der Waals surface area contributed by atoms with Gasteiger partial charge in [-0.3, -0.25) is 4.79 Å². The summed E-state index contributed by atoms with van der Waals surface area (Å²) in [7, 11) is 4.02. The lowest BCUT2D eigenvalue weighted by Crippen LogP contribution is -2.43. The Morgan fingerprint density at radius 1 is 1.32 bits per heavy atom. The van der Waals surface area contributed by atoms with Gasteiger partial charge in [-0.1, -0.05) is 43.7 Å². The number of rotatable bonds is 7. The van der Waals surface area contributed by atoms with Gasteiger partial charge in [-0.15, -0.1) is 0 Å². The van der Waals surface area contributed by atoms with Gasteiger partial charge in [0.2, 0.25) is 5.91 Å². The molecule has 106 valence electrons. The first-order valence-corrected chi connectivity index (χ1v) is 6.81. The summed E-state index contributed by atoms with van der Waals surface area (Å²) in [6.07, 6.45) is 1.65. The third kappa shape index (κ3) is 5.01. The van der Waals surface area contributed by atoms with Crippen LogP contribution >= 0.6 is 0 Å². The van der Waals surface area contributed by atoms with E-state index in [0.717, 1.165) is 12.8 Å². The Bertz CT molecular complexity index is 378. The molecule has 19 heavy (non-hydrogen) atoms. The quantitative estimate of drug-likeness (QED) is 0.784. The van der Waals surface area contributed by atoms with E-state index < -0.39 is 6.04 Å². The summed E-state index contributed by atoms with van der Waals surface area (Å²) in [6.45, 7) is 2.60. The third-order valence-electron chi connectivity index (χ3n) is 3.21. The van der Waals surface area contributed by atoms with Crippen LogP contribution in [0.25, 0.3) is 0 Å². The van der Waals surface area contributed by atoms with Gasteiger partial charge in [-0.05, 0) is 26.1 Å². The van der Waals surface area contributed by atoms with E-state index in [2.05, 4.69) is 22.3 Å². The average Bonchev–Trinajstić information content (AvgIpc) is 2.39. The lowest BCUT2D eigenvalue weighted by Gasteiger charge is -2.25. The Morgan fingerprint density at radius 2 is 1.95 bits per heavy atom. The molecule has 1 rings (SSSR count). The van der Waals surface area contributed by atoms with Crippen molar-refractivity contribution in [2.75, 3.05) is 20.6 Å². The van der Waals surface area contributed by atoms with Crippen LogP contribution in [0.5, 0.6) is 0 Å².